The lowest BCUT2D eigenvalue weighted by Gasteiger charge is -2.15. The second kappa shape index (κ2) is 8.36. The largest absolute Gasteiger partial charge is 0.481 e. The van der Waals surface area contributed by atoms with E-state index in [1.165, 1.54) is 0 Å². The molecule has 20 heavy (non-hydrogen) atoms. The summed E-state index contributed by atoms with van der Waals surface area (Å²) in [6.45, 7) is 1.13. The van der Waals surface area contributed by atoms with Crippen LogP contribution in [0.2, 0.25) is 0 Å². The average molecular weight is 288 g/mol. The van der Waals surface area contributed by atoms with E-state index in [2.05, 4.69) is 10.6 Å². The van der Waals surface area contributed by atoms with Crippen LogP contribution in [0.3, 0.4) is 0 Å². The number of carbonyl (C=O) groups is 3. The Bertz CT molecular complexity index is 354. The highest BCUT2D eigenvalue weighted by Gasteiger charge is 2.21. The van der Waals surface area contributed by atoms with Crippen molar-refractivity contribution in [3.63, 3.8) is 0 Å². The van der Waals surface area contributed by atoms with Gasteiger partial charge in [0.25, 0.3) is 0 Å². The van der Waals surface area contributed by atoms with Crippen molar-refractivity contribution in [1.29, 1.82) is 0 Å². The fourth-order valence-electron chi connectivity index (χ4n) is 1.95. The Morgan fingerprint density at radius 1 is 1.30 bits per heavy atom. The van der Waals surface area contributed by atoms with Crippen molar-refractivity contribution in [2.45, 2.75) is 44.2 Å². The molecule has 2 amide bonds. The van der Waals surface area contributed by atoms with Crippen molar-refractivity contribution >= 4 is 18.0 Å². The van der Waals surface area contributed by atoms with Gasteiger partial charge in [0, 0.05) is 19.6 Å². The van der Waals surface area contributed by atoms with E-state index in [-0.39, 0.29) is 18.9 Å². The molecule has 0 aliphatic carbocycles. The smallest absolute Gasteiger partial charge is 0.326 e. The van der Waals surface area contributed by atoms with Crippen LogP contribution in [0, 0.1) is 0 Å². The van der Waals surface area contributed by atoms with Gasteiger partial charge in [-0.05, 0) is 25.7 Å². The molecule has 1 saturated heterocycles. The van der Waals surface area contributed by atoms with Gasteiger partial charge in [0.1, 0.15) is 6.04 Å². The van der Waals surface area contributed by atoms with Crippen LogP contribution in [0.4, 0.5) is 4.79 Å². The van der Waals surface area contributed by atoms with Gasteiger partial charge in [-0.15, -0.1) is 0 Å². The third-order valence-corrected chi connectivity index (χ3v) is 3.03. The molecule has 1 unspecified atom stereocenters. The summed E-state index contributed by atoms with van der Waals surface area (Å²) in [6, 6.07) is -1.81. The molecule has 0 aromatic heterocycles. The lowest BCUT2D eigenvalue weighted by atomic mass is 10.1. The third-order valence-electron chi connectivity index (χ3n) is 3.03. The summed E-state index contributed by atoms with van der Waals surface area (Å²) in [7, 11) is 0. The molecule has 4 N–H and O–H groups in total. The zero-order valence-electron chi connectivity index (χ0n) is 11.1. The lowest BCUT2D eigenvalue weighted by Crippen LogP contribution is -2.46. The van der Waals surface area contributed by atoms with Crippen LogP contribution in [0.1, 0.15) is 32.1 Å². The molecule has 0 aromatic carbocycles. The van der Waals surface area contributed by atoms with Crippen LogP contribution in [0.5, 0.6) is 0 Å². The fourth-order valence-corrected chi connectivity index (χ4v) is 1.95. The van der Waals surface area contributed by atoms with Gasteiger partial charge < -0.3 is 25.6 Å². The minimum absolute atomic E-state index is 0.149. The van der Waals surface area contributed by atoms with Crippen molar-refractivity contribution in [2.24, 2.45) is 0 Å². The Balaban J connectivity index is 2.22. The molecule has 1 heterocycles. The quantitative estimate of drug-likeness (QED) is 0.504. The van der Waals surface area contributed by atoms with Crippen molar-refractivity contribution in [1.82, 2.24) is 10.6 Å². The first-order valence-corrected chi connectivity index (χ1v) is 6.59. The second-order valence-electron chi connectivity index (χ2n) is 4.65. The number of hydrogen-bond acceptors (Lipinski definition) is 4. The highest BCUT2D eigenvalue weighted by molar-refractivity contribution is 5.82. The molecule has 114 valence electrons. The van der Waals surface area contributed by atoms with Crippen LogP contribution < -0.4 is 10.6 Å². The zero-order valence-corrected chi connectivity index (χ0v) is 11.1. The Kier molecular flexibility index (Phi) is 6.78. The Morgan fingerprint density at radius 2 is 2.05 bits per heavy atom. The van der Waals surface area contributed by atoms with Gasteiger partial charge in [0.2, 0.25) is 0 Å². The molecule has 1 aliphatic heterocycles. The van der Waals surface area contributed by atoms with E-state index in [1.54, 1.807) is 0 Å². The number of amides is 2. The van der Waals surface area contributed by atoms with Crippen molar-refractivity contribution in [3.05, 3.63) is 0 Å². The number of ether oxygens (including phenoxy) is 1. The molecule has 2 atom stereocenters. The maximum atomic E-state index is 11.5. The average Bonchev–Trinajstić information content (AvgIpc) is 2.87. The first-order chi connectivity index (χ1) is 9.49. The zero-order chi connectivity index (χ0) is 15.0. The standard InChI is InChI=1S/C12H20N2O6/c15-10(16)4-3-9(11(17)18)14-12(19)13-6-5-8-2-1-7-20-8/h8-9H,1-7H2,(H,15,16)(H,17,18)(H2,13,14,19)/t8?,9-/m0/s1. The fraction of sp³-hybridized carbons (Fsp3) is 0.750. The number of carboxylic acid groups (broad SMARTS) is 2. The summed E-state index contributed by atoms with van der Waals surface area (Å²) in [5.41, 5.74) is 0. The van der Waals surface area contributed by atoms with Crippen molar-refractivity contribution in [2.75, 3.05) is 13.2 Å². The summed E-state index contributed by atoms with van der Waals surface area (Å²) in [5.74, 6) is -2.35. The minimum Gasteiger partial charge on any atom is -0.481 e. The first kappa shape index (κ1) is 16.2. The number of carboxylic acids is 2. The molecule has 0 aromatic rings. The van der Waals surface area contributed by atoms with Gasteiger partial charge in [-0.1, -0.05) is 0 Å². The van der Waals surface area contributed by atoms with E-state index in [4.69, 9.17) is 14.9 Å². The molecule has 0 bridgehead atoms. The molecular weight excluding hydrogens is 268 g/mol. The summed E-state index contributed by atoms with van der Waals surface area (Å²) in [6.07, 6.45) is 2.36. The molecule has 0 radical (unpaired) electrons. The molecule has 1 aliphatic rings. The predicted molar refractivity (Wildman–Crippen MR) is 68.4 cm³/mol. The number of carbonyl (C=O) groups excluding carboxylic acids is 1. The first-order valence-electron chi connectivity index (χ1n) is 6.59. The molecular formula is C12H20N2O6. The lowest BCUT2D eigenvalue weighted by molar-refractivity contribution is -0.140. The van der Waals surface area contributed by atoms with E-state index in [9.17, 15) is 14.4 Å². The van der Waals surface area contributed by atoms with Crippen LogP contribution in [-0.2, 0) is 14.3 Å². The number of urea groups is 1. The summed E-state index contributed by atoms with van der Waals surface area (Å²) in [4.78, 5) is 32.8. The van der Waals surface area contributed by atoms with Crippen LogP contribution in [-0.4, -0.2) is 53.5 Å². The number of nitrogens with one attached hydrogen (secondary N) is 2. The Morgan fingerprint density at radius 3 is 2.60 bits per heavy atom. The predicted octanol–water partition coefficient (Wildman–Crippen LogP) is 0.173. The van der Waals surface area contributed by atoms with E-state index in [0.29, 0.717) is 13.0 Å². The molecule has 1 fully saturated rings. The number of aliphatic carboxylic acids is 2. The molecule has 8 nitrogen and oxygen atoms in total. The van der Waals surface area contributed by atoms with Gasteiger partial charge in [0.15, 0.2) is 0 Å². The molecule has 0 spiro atoms. The van der Waals surface area contributed by atoms with E-state index in [1.807, 2.05) is 0 Å². The molecule has 0 saturated carbocycles. The normalized spacial score (nSPS) is 19.3. The topological polar surface area (TPSA) is 125 Å². The Labute approximate surface area is 116 Å². The molecule has 1 rings (SSSR count). The van der Waals surface area contributed by atoms with Crippen LogP contribution in [0.25, 0.3) is 0 Å². The van der Waals surface area contributed by atoms with Crippen LogP contribution in [0.15, 0.2) is 0 Å². The number of hydrogen-bond donors (Lipinski definition) is 4. The summed E-state index contributed by atoms with van der Waals surface area (Å²) < 4.78 is 5.39. The van der Waals surface area contributed by atoms with E-state index in [0.717, 1.165) is 19.4 Å². The van der Waals surface area contributed by atoms with Gasteiger partial charge in [-0.25, -0.2) is 9.59 Å². The highest BCUT2D eigenvalue weighted by Crippen LogP contribution is 2.14. The summed E-state index contributed by atoms with van der Waals surface area (Å²) >= 11 is 0. The highest BCUT2D eigenvalue weighted by atomic mass is 16.5. The maximum Gasteiger partial charge on any atom is 0.326 e. The van der Waals surface area contributed by atoms with E-state index < -0.39 is 24.0 Å². The number of rotatable bonds is 8. The van der Waals surface area contributed by atoms with Crippen molar-refractivity contribution in [3.8, 4) is 0 Å². The minimum atomic E-state index is -1.25. The second-order valence-corrected chi connectivity index (χ2v) is 4.65. The third kappa shape index (κ3) is 6.37. The SMILES string of the molecule is O=C(O)CC[C@H](NC(=O)NCCC1CCCO1)C(=O)O. The van der Waals surface area contributed by atoms with Crippen molar-refractivity contribution < 1.29 is 29.3 Å². The van der Waals surface area contributed by atoms with E-state index >= 15 is 0 Å². The molecule has 8 heteroatoms. The monoisotopic (exact) mass is 288 g/mol. The van der Waals surface area contributed by atoms with Gasteiger partial charge in [-0.2, -0.15) is 0 Å². The summed E-state index contributed by atoms with van der Waals surface area (Å²) in [5, 5.41) is 22.2. The van der Waals surface area contributed by atoms with Crippen LogP contribution >= 0.6 is 0 Å². The van der Waals surface area contributed by atoms with Gasteiger partial charge in [0.05, 0.1) is 6.10 Å². The Hall–Kier alpha value is -1.83. The van der Waals surface area contributed by atoms with Gasteiger partial charge in [-0.3, -0.25) is 4.79 Å². The maximum absolute atomic E-state index is 11.5. The van der Waals surface area contributed by atoms with Gasteiger partial charge >= 0.3 is 18.0 Å².